The van der Waals surface area contributed by atoms with Gasteiger partial charge in [0.25, 0.3) is 5.91 Å². The molecular formula is C21H22N4O4. The van der Waals surface area contributed by atoms with Crippen LogP contribution in [0.5, 0.6) is 17.4 Å². The number of nitrogens with zero attached hydrogens (tertiary/aromatic N) is 3. The maximum atomic E-state index is 12.6. The number of imide groups is 1. The van der Waals surface area contributed by atoms with Crippen molar-refractivity contribution < 1.29 is 19.1 Å². The first-order chi connectivity index (χ1) is 13.9. The Morgan fingerprint density at radius 1 is 1.24 bits per heavy atom. The van der Waals surface area contributed by atoms with Crippen LogP contribution in [0.1, 0.15) is 44.2 Å². The Kier molecular flexibility index (Phi) is 3.65. The monoisotopic (exact) mass is 394 g/mol. The van der Waals surface area contributed by atoms with Gasteiger partial charge in [0.1, 0.15) is 17.0 Å². The quantitative estimate of drug-likeness (QED) is 0.801. The fourth-order valence-corrected chi connectivity index (χ4v) is 3.99. The molecule has 0 unspecified atom stereocenters. The third-order valence-corrected chi connectivity index (χ3v) is 6.22. The summed E-state index contributed by atoms with van der Waals surface area (Å²) in [5, 5.41) is 2.71. The number of hydrogen-bond donors (Lipinski definition) is 1. The number of ether oxygens (including phenoxy) is 2. The molecule has 1 saturated carbocycles. The van der Waals surface area contributed by atoms with E-state index in [4.69, 9.17) is 9.47 Å². The van der Waals surface area contributed by atoms with E-state index >= 15 is 0 Å². The Morgan fingerprint density at radius 3 is 2.66 bits per heavy atom. The molecule has 1 atom stereocenters. The molecule has 0 radical (unpaired) electrons. The molecule has 1 N–H and O–H groups in total. The van der Waals surface area contributed by atoms with Crippen LogP contribution in [-0.2, 0) is 10.2 Å². The van der Waals surface area contributed by atoms with Crippen LogP contribution in [-0.4, -0.2) is 34.1 Å². The number of nitrogens with one attached hydrogen (secondary N) is 1. The molecule has 1 aromatic carbocycles. The molecule has 1 aliphatic carbocycles. The molecule has 1 saturated heterocycles. The lowest BCUT2D eigenvalue weighted by Gasteiger charge is -2.18. The maximum absolute atomic E-state index is 12.6. The lowest BCUT2D eigenvalue weighted by molar-refractivity contribution is -0.121. The molecule has 3 aliphatic rings. The molecule has 8 heteroatoms. The summed E-state index contributed by atoms with van der Waals surface area (Å²) in [5.74, 6) is 1.76. The fourth-order valence-electron chi connectivity index (χ4n) is 3.99. The Balaban J connectivity index is 1.41. The largest absolute Gasteiger partial charge is 0.492 e. The van der Waals surface area contributed by atoms with Crippen molar-refractivity contribution in [3.63, 3.8) is 0 Å². The van der Waals surface area contributed by atoms with Crippen LogP contribution < -0.4 is 19.7 Å². The molecule has 1 aromatic heterocycles. The normalized spacial score (nSPS) is 23.8. The van der Waals surface area contributed by atoms with Crippen molar-refractivity contribution in [3.8, 4) is 17.4 Å². The number of aromatic nitrogens is 2. The number of hydrogen-bond acceptors (Lipinski definition) is 6. The van der Waals surface area contributed by atoms with Crippen LogP contribution in [0.4, 0.5) is 10.6 Å². The van der Waals surface area contributed by atoms with Gasteiger partial charge in [-0.25, -0.2) is 19.7 Å². The van der Waals surface area contributed by atoms with Gasteiger partial charge < -0.3 is 14.8 Å². The Bertz CT molecular complexity index is 1030. The first kappa shape index (κ1) is 17.9. The van der Waals surface area contributed by atoms with Gasteiger partial charge in [-0.1, -0.05) is 13.0 Å². The Morgan fingerprint density at radius 2 is 2.03 bits per heavy atom. The smallest absolute Gasteiger partial charge is 0.330 e. The highest BCUT2D eigenvalue weighted by Crippen LogP contribution is 2.59. The summed E-state index contributed by atoms with van der Waals surface area (Å²) in [7, 11) is 0. The first-order valence-electron chi connectivity index (χ1n) is 9.80. The minimum Gasteiger partial charge on any atom is -0.492 e. The third-order valence-electron chi connectivity index (χ3n) is 6.22. The molecule has 1 spiro atoms. The fraction of sp³-hybridized carbons (Fsp3) is 0.429. The van der Waals surface area contributed by atoms with E-state index in [1.54, 1.807) is 6.92 Å². The molecule has 2 fully saturated rings. The molecule has 3 heterocycles. The second-order valence-electron chi connectivity index (χ2n) is 8.22. The highest BCUT2D eigenvalue weighted by atomic mass is 16.5. The number of carbonyl (C=O) groups is 2. The molecule has 2 aliphatic heterocycles. The second-order valence-corrected chi connectivity index (χ2v) is 8.22. The van der Waals surface area contributed by atoms with E-state index in [0.29, 0.717) is 18.9 Å². The lowest BCUT2D eigenvalue weighted by Crippen LogP contribution is -2.43. The number of amides is 3. The summed E-state index contributed by atoms with van der Waals surface area (Å²) in [6.07, 6.45) is 5.48. The van der Waals surface area contributed by atoms with Gasteiger partial charge in [-0.2, -0.15) is 0 Å². The van der Waals surface area contributed by atoms with E-state index in [1.807, 2.05) is 26.0 Å². The number of rotatable bonds is 4. The zero-order valence-electron chi connectivity index (χ0n) is 16.6. The van der Waals surface area contributed by atoms with Crippen LogP contribution >= 0.6 is 0 Å². The summed E-state index contributed by atoms with van der Waals surface area (Å²) in [6, 6.07) is 3.41. The minimum atomic E-state index is -0.922. The van der Waals surface area contributed by atoms with Crippen molar-refractivity contribution in [1.29, 1.82) is 0 Å². The van der Waals surface area contributed by atoms with Crippen LogP contribution in [0.15, 0.2) is 24.5 Å². The third kappa shape index (κ3) is 2.58. The van der Waals surface area contributed by atoms with Crippen molar-refractivity contribution in [2.45, 2.75) is 51.0 Å². The minimum absolute atomic E-state index is 0.0642. The summed E-state index contributed by atoms with van der Waals surface area (Å²) in [5.41, 5.74) is 1.34. The second kappa shape index (κ2) is 5.92. The molecule has 150 valence electrons. The molecule has 8 nitrogen and oxygen atoms in total. The van der Waals surface area contributed by atoms with E-state index in [2.05, 4.69) is 15.3 Å². The SMILES string of the molecule is CC[C@@]1(C)NC(=O)N(c2cnc(Oc3ccc(C)c4c3C3(CC3)CO4)cn2)C1=O. The van der Waals surface area contributed by atoms with E-state index in [-0.39, 0.29) is 17.1 Å². The highest BCUT2D eigenvalue weighted by molar-refractivity contribution is 6.22. The number of urea groups is 1. The molecule has 2 aromatic rings. The van der Waals surface area contributed by atoms with Crippen molar-refractivity contribution >= 4 is 17.8 Å². The van der Waals surface area contributed by atoms with Gasteiger partial charge in [-0.05, 0) is 44.7 Å². The lowest BCUT2D eigenvalue weighted by atomic mass is 9.95. The van der Waals surface area contributed by atoms with Crippen molar-refractivity contribution in [2.24, 2.45) is 0 Å². The number of anilines is 1. The van der Waals surface area contributed by atoms with E-state index in [9.17, 15) is 9.59 Å². The standard InChI is InChI=1S/C21H22N4O4/c1-4-20(3)18(26)25(19(27)24-20)14-9-23-15(10-22-14)29-13-6-5-12(2)17-16(13)21(7-8-21)11-28-17/h5-6,9-10H,4,7-8,11H2,1-3H3,(H,24,27)/t20-/m1/s1. The molecule has 0 bridgehead atoms. The van der Waals surface area contributed by atoms with Crippen LogP contribution in [0.25, 0.3) is 0 Å². The number of fused-ring (bicyclic) bond motifs is 2. The van der Waals surface area contributed by atoms with Gasteiger partial charge in [0.2, 0.25) is 5.88 Å². The zero-order chi connectivity index (χ0) is 20.4. The van der Waals surface area contributed by atoms with Crippen LogP contribution in [0.3, 0.4) is 0 Å². The van der Waals surface area contributed by atoms with Crippen molar-refractivity contribution in [1.82, 2.24) is 15.3 Å². The van der Waals surface area contributed by atoms with Crippen molar-refractivity contribution in [2.75, 3.05) is 11.5 Å². The number of aryl methyl sites for hydroxylation is 1. The average molecular weight is 394 g/mol. The van der Waals surface area contributed by atoms with Gasteiger partial charge in [0, 0.05) is 11.0 Å². The zero-order valence-corrected chi connectivity index (χ0v) is 16.6. The van der Waals surface area contributed by atoms with Crippen LogP contribution in [0, 0.1) is 6.92 Å². The number of carbonyl (C=O) groups excluding carboxylic acids is 2. The van der Waals surface area contributed by atoms with Crippen molar-refractivity contribution in [3.05, 3.63) is 35.7 Å². The molecular weight excluding hydrogens is 372 g/mol. The summed E-state index contributed by atoms with van der Waals surface area (Å²) in [4.78, 5) is 34.4. The van der Waals surface area contributed by atoms with E-state index in [0.717, 1.165) is 40.4 Å². The van der Waals surface area contributed by atoms with Gasteiger partial charge in [0.15, 0.2) is 5.82 Å². The summed E-state index contributed by atoms with van der Waals surface area (Å²) >= 11 is 0. The van der Waals surface area contributed by atoms with Gasteiger partial charge in [-0.3, -0.25) is 4.79 Å². The predicted octanol–water partition coefficient (Wildman–Crippen LogP) is 3.23. The summed E-state index contributed by atoms with van der Waals surface area (Å²) < 4.78 is 11.9. The molecule has 5 rings (SSSR count). The van der Waals surface area contributed by atoms with Gasteiger partial charge in [0.05, 0.1) is 19.0 Å². The maximum Gasteiger partial charge on any atom is 0.330 e. The Labute approximate surface area is 168 Å². The van der Waals surface area contributed by atoms with E-state index < -0.39 is 11.6 Å². The molecule has 3 amide bonds. The Hall–Kier alpha value is -3.16. The number of benzene rings is 1. The van der Waals surface area contributed by atoms with Gasteiger partial charge in [-0.15, -0.1) is 0 Å². The van der Waals surface area contributed by atoms with E-state index in [1.165, 1.54) is 12.4 Å². The van der Waals surface area contributed by atoms with Gasteiger partial charge >= 0.3 is 6.03 Å². The highest BCUT2D eigenvalue weighted by Gasteiger charge is 2.53. The predicted molar refractivity (Wildman–Crippen MR) is 104 cm³/mol. The summed E-state index contributed by atoms with van der Waals surface area (Å²) in [6.45, 7) is 6.27. The topological polar surface area (TPSA) is 93.7 Å². The first-order valence-corrected chi connectivity index (χ1v) is 9.80. The average Bonchev–Trinajstić information content (AvgIpc) is 3.32. The molecule has 29 heavy (non-hydrogen) atoms. The van der Waals surface area contributed by atoms with Crippen LogP contribution in [0.2, 0.25) is 0 Å².